The lowest BCUT2D eigenvalue weighted by molar-refractivity contribution is 1.01. The van der Waals surface area contributed by atoms with Gasteiger partial charge in [0, 0.05) is 5.39 Å². The number of benzene rings is 1. The van der Waals surface area contributed by atoms with Gasteiger partial charge in [0.15, 0.2) is 5.65 Å². The van der Waals surface area contributed by atoms with Crippen LogP contribution in [0.1, 0.15) is 12.5 Å². The largest absolute Gasteiger partial charge is 0.337 e. The fourth-order valence-electron chi connectivity index (χ4n) is 2.33. The summed E-state index contributed by atoms with van der Waals surface area (Å²) in [5.41, 5.74) is 7.26. The molecule has 3 aromatic rings. The molecule has 24 heavy (non-hydrogen) atoms. The van der Waals surface area contributed by atoms with Crippen LogP contribution in [-0.4, -0.2) is 26.4 Å². The van der Waals surface area contributed by atoms with E-state index in [2.05, 4.69) is 37.3 Å². The SMILES string of the molecule is C=CC(/C=N/Nc1nnc2c(n1)[nH]c1c(C)cccc12)=C\C=C/C. The maximum absolute atomic E-state index is 4.43. The van der Waals surface area contributed by atoms with E-state index in [1.165, 1.54) is 0 Å². The second-order valence-electron chi connectivity index (χ2n) is 5.22. The minimum absolute atomic E-state index is 0.331. The van der Waals surface area contributed by atoms with Crippen molar-refractivity contribution in [3.63, 3.8) is 0 Å². The summed E-state index contributed by atoms with van der Waals surface area (Å²) in [7, 11) is 0. The lowest BCUT2D eigenvalue weighted by Gasteiger charge is -1.97. The predicted octanol–water partition coefficient (Wildman–Crippen LogP) is 3.90. The molecule has 0 aliphatic carbocycles. The number of fused-ring (bicyclic) bond motifs is 3. The molecular weight excluding hydrogens is 300 g/mol. The van der Waals surface area contributed by atoms with E-state index in [0.717, 1.165) is 27.6 Å². The van der Waals surface area contributed by atoms with Crippen LogP contribution >= 0.6 is 0 Å². The van der Waals surface area contributed by atoms with E-state index in [0.29, 0.717) is 11.6 Å². The highest BCUT2D eigenvalue weighted by molar-refractivity contribution is 6.04. The summed E-state index contributed by atoms with van der Waals surface area (Å²) in [5, 5.41) is 13.5. The van der Waals surface area contributed by atoms with Crippen LogP contribution in [0.3, 0.4) is 0 Å². The predicted molar refractivity (Wildman–Crippen MR) is 99.1 cm³/mol. The zero-order valence-electron chi connectivity index (χ0n) is 13.6. The third kappa shape index (κ3) is 3.08. The van der Waals surface area contributed by atoms with Crippen molar-refractivity contribution in [1.82, 2.24) is 20.2 Å². The van der Waals surface area contributed by atoms with Gasteiger partial charge in [0.1, 0.15) is 5.52 Å². The van der Waals surface area contributed by atoms with Gasteiger partial charge in [-0.3, -0.25) is 0 Å². The smallest absolute Gasteiger partial charge is 0.265 e. The summed E-state index contributed by atoms with van der Waals surface area (Å²) in [6.45, 7) is 7.74. The maximum Gasteiger partial charge on any atom is 0.265 e. The average Bonchev–Trinajstić information content (AvgIpc) is 2.97. The Balaban J connectivity index is 1.87. The van der Waals surface area contributed by atoms with Crippen LogP contribution in [-0.2, 0) is 0 Å². The molecular formula is C18H18N6. The molecule has 0 aliphatic heterocycles. The molecule has 3 rings (SSSR count). The normalized spacial score (nSPS) is 12.7. The Morgan fingerprint density at radius 1 is 1.33 bits per heavy atom. The van der Waals surface area contributed by atoms with Crippen molar-refractivity contribution >= 4 is 34.2 Å². The van der Waals surface area contributed by atoms with Crippen molar-refractivity contribution in [2.24, 2.45) is 5.10 Å². The van der Waals surface area contributed by atoms with Crippen molar-refractivity contribution in [2.45, 2.75) is 13.8 Å². The first kappa shape index (κ1) is 15.6. The van der Waals surface area contributed by atoms with Gasteiger partial charge in [-0.25, -0.2) is 5.43 Å². The van der Waals surface area contributed by atoms with E-state index in [1.807, 2.05) is 50.3 Å². The molecule has 2 aromatic heterocycles. The minimum atomic E-state index is 0.331. The number of allylic oxidation sites excluding steroid dienone is 5. The molecule has 0 amide bonds. The van der Waals surface area contributed by atoms with Crippen LogP contribution < -0.4 is 5.43 Å². The third-order valence-corrected chi connectivity index (χ3v) is 3.55. The molecule has 2 heterocycles. The summed E-state index contributed by atoms with van der Waals surface area (Å²) >= 11 is 0. The van der Waals surface area contributed by atoms with E-state index in [-0.39, 0.29) is 0 Å². The Morgan fingerprint density at radius 2 is 2.21 bits per heavy atom. The van der Waals surface area contributed by atoms with E-state index in [9.17, 15) is 0 Å². The molecule has 0 fully saturated rings. The van der Waals surface area contributed by atoms with Crippen molar-refractivity contribution < 1.29 is 0 Å². The van der Waals surface area contributed by atoms with E-state index in [4.69, 9.17) is 0 Å². The summed E-state index contributed by atoms with van der Waals surface area (Å²) in [6, 6.07) is 6.05. The Morgan fingerprint density at radius 3 is 3.00 bits per heavy atom. The number of nitrogens with one attached hydrogen (secondary N) is 2. The number of aromatic amines is 1. The minimum Gasteiger partial charge on any atom is -0.337 e. The van der Waals surface area contributed by atoms with Crippen LogP contribution in [0.2, 0.25) is 0 Å². The number of hydrogen-bond donors (Lipinski definition) is 2. The quantitative estimate of drug-likeness (QED) is 0.425. The number of anilines is 1. The number of H-pyrrole nitrogens is 1. The maximum atomic E-state index is 4.43. The zero-order valence-corrected chi connectivity index (χ0v) is 13.6. The van der Waals surface area contributed by atoms with Crippen LogP contribution in [0.15, 0.2) is 59.8 Å². The molecule has 0 unspecified atom stereocenters. The fraction of sp³-hybridized carbons (Fsp3) is 0.111. The molecule has 1 aromatic carbocycles. The van der Waals surface area contributed by atoms with Crippen LogP contribution in [0.25, 0.3) is 22.1 Å². The van der Waals surface area contributed by atoms with E-state index in [1.54, 1.807) is 12.3 Å². The Bertz CT molecular complexity index is 978. The molecule has 0 spiro atoms. The molecule has 2 N–H and O–H groups in total. The molecule has 0 bridgehead atoms. The fourth-order valence-corrected chi connectivity index (χ4v) is 2.33. The second-order valence-corrected chi connectivity index (χ2v) is 5.22. The topological polar surface area (TPSA) is 78.8 Å². The van der Waals surface area contributed by atoms with Gasteiger partial charge in [0.25, 0.3) is 5.95 Å². The van der Waals surface area contributed by atoms with Crippen molar-refractivity contribution in [3.05, 3.63) is 60.2 Å². The number of rotatable bonds is 5. The van der Waals surface area contributed by atoms with Crippen LogP contribution in [0, 0.1) is 6.92 Å². The van der Waals surface area contributed by atoms with Crippen molar-refractivity contribution in [3.8, 4) is 0 Å². The lowest BCUT2D eigenvalue weighted by Crippen LogP contribution is -1.99. The molecule has 6 heteroatoms. The first-order valence-electron chi connectivity index (χ1n) is 7.59. The highest BCUT2D eigenvalue weighted by Crippen LogP contribution is 2.24. The monoisotopic (exact) mass is 318 g/mol. The zero-order chi connectivity index (χ0) is 16.9. The number of hydrazone groups is 1. The second kappa shape index (κ2) is 6.87. The van der Waals surface area contributed by atoms with Crippen LogP contribution in [0.5, 0.6) is 0 Å². The first-order chi connectivity index (χ1) is 11.7. The molecule has 120 valence electrons. The Hall–Kier alpha value is -3.28. The first-order valence-corrected chi connectivity index (χ1v) is 7.59. The lowest BCUT2D eigenvalue weighted by atomic mass is 10.1. The van der Waals surface area contributed by atoms with Gasteiger partial charge in [0.2, 0.25) is 0 Å². The number of aromatic nitrogens is 4. The molecule has 0 atom stereocenters. The summed E-state index contributed by atoms with van der Waals surface area (Å²) < 4.78 is 0. The number of aryl methyl sites for hydroxylation is 1. The Kier molecular flexibility index (Phi) is 4.47. The Labute approximate surface area is 139 Å². The van der Waals surface area contributed by atoms with Crippen molar-refractivity contribution in [1.29, 1.82) is 0 Å². The molecule has 0 saturated heterocycles. The summed E-state index contributed by atoms with van der Waals surface area (Å²) in [4.78, 5) is 7.71. The van der Waals surface area contributed by atoms with Gasteiger partial charge < -0.3 is 4.98 Å². The highest BCUT2D eigenvalue weighted by atomic mass is 15.4. The average molecular weight is 318 g/mol. The number of hydrogen-bond acceptors (Lipinski definition) is 5. The molecule has 6 nitrogen and oxygen atoms in total. The van der Waals surface area contributed by atoms with Gasteiger partial charge in [-0.2, -0.15) is 10.1 Å². The van der Waals surface area contributed by atoms with E-state index < -0.39 is 0 Å². The molecule has 0 saturated carbocycles. The molecule has 0 aliphatic rings. The van der Waals surface area contributed by atoms with Crippen molar-refractivity contribution in [2.75, 3.05) is 5.43 Å². The highest BCUT2D eigenvalue weighted by Gasteiger charge is 2.09. The van der Waals surface area contributed by atoms with Crippen LogP contribution in [0.4, 0.5) is 5.95 Å². The number of nitrogens with zero attached hydrogens (tertiary/aromatic N) is 4. The van der Waals surface area contributed by atoms with Gasteiger partial charge >= 0.3 is 0 Å². The van der Waals surface area contributed by atoms with E-state index >= 15 is 0 Å². The van der Waals surface area contributed by atoms with Gasteiger partial charge in [0.05, 0.1) is 11.7 Å². The summed E-state index contributed by atoms with van der Waals surface area (Å²) in [6.07, 6.45) is 9.12. The summed E-state index contributed by atoms with van der Waals surface area (Å²) in [5.74, 6) is 0.331. The van der Waals surface area contributed by atoms with Gasteiger partial charge in [-0.05, 0) is 25.0 Å². The van der Waals surface area contributed by atoms with Gasteiger partial charge in [-0.15, -0.1) is 10.2 Å². The molecule has 0 radical (unpaired) electrons. The standard InChI is InChI=1S/C18H18N6/c1-4-6-9-13(5-2)11-19-23-18-21-17-16(22-24-18)14-10-7-8-12(3)15(14)20-17/h4-11H,2H2,1,3H3,(H2,20,21,23,24)/b6-4-,13-9+,19-11+. The number of para-hydroxylation sites is 1. The van der Waals surface area contributed by atoms with Gasteiger partial charge in [-0.1, -0.05) is 49.1 Å². The third-order valence-electron chi connectivity index (χ3n) is 3.55.